The maximum Gasteiger partial charge on any atom is 0.316 e. The topological polar surface area (TPSA) is 72.7 Å². The van der Waals surface area contributed by atoms with E-state index in [2.05, 4.69) is 0 Å². The summed E-state index contributed by atoms with van der Waals surface area (Å²) >= 11 is 0. The van der Waals surface area contributed by atoms with E-state index in [4.69, 9.17) is 4.74 Å². The van der Waals surface area contributed by atoms with Crippen molar-refractivity contribution in [1.82, 2.24) is 4.90 Å². The van der Waals surface area contributed by atoms with Crippen LogP contribution in [0.2, 0.25) is 0 Å². The lowest BCUT2D eigenvalue weighted by Gasteiger charge is -2.17. The van der Waals surface area contributed by atoms with Gasteiger partial charge in [0.05, 0.1) is 17.4 Å². The molecule has 0 aliphatic heterocycles. The van der Waals surface area contributed by atoms with Crippen LogP contribution in [0.1, 0.15) is 12.0 Å². The van der Waals surface area contributed by atoms with Crippen molar-refractivity contribution in [2.45, 2.75) is 11.8 Å². The normalized spacial score (nSPS) is 24.5. The Morgan fingerprint density at radius 1 is 1.45 bits per heavy atom. The molecule has 0 amide bonds. The molecule has 0 saturated heterocycles. The fourth-order valence-electron chi connectivity index (χ4n) is 2.77. The van der Waals surface area contributed by atoms with Crippen LogP contribution in [0.5, 0.6) is 0 Å². The molecule has 20 heavy (non-hydrogen) atoms. The third-order valence-electron chi connectivity index (χ3n) is 3.83. The van der Waals surface area contributed by atoms with E-state index in [0.29, 0.717) is 0 Å². The van der Waals surface area contributed by atoms with E-state index in [0.717, 1.165) is 18.5 Å². The van der Waals surface area contributed by atoms with Crippen molar-refractivity contribution in [2.75, 3.05) is 27.7 Å². The molecule has 1 saturated carbocycles. The van der Waals surface area contributed by atoms with Crippen molar-refractivity contribution in [2.24, 2.45) is 5.92 Å². The molecule has 0 heterocycles. The van der Waals surface area contributed by atoms with E-state index in [9.17, 15) is 14.9 Å². The Morgan fingerprint density at radius 2 is 2.05 bits per heavy atom. The lowest BCUT2D eigenvalue weighted by Crippen LogP contribution is -2.28. The Hall–Kier alpha value is -1.95. The van der Waals surface area contributed by atoms with Gasteiger partial charge >= 0.3 is 5.97 Å². The highest BCUT2D eigenvalue weighted by atomic mass is 16.6. The number of carbonyl (C=O) groups is 1. The minimum Gasteiger partial charge on any atom is -0.468 e. The summed E-state index contributed by atoms with van der Waals surface area (Å²) in [7, 11) is 5.28. The zero-order valence-corrected chi connectivity index (χ0v) is 11.8. The molecule has 0 N–H and O–H groups in total. The number of esters is 1. The minimum atomic E-state index is -0.645. The smallest absolute Gasteiger partial charge is 0.316 e. The highest BCUT2D eigenvalue weighted by Gasteiger charge is 2.62. The van der Waals surface area contributed by atoms with Crippen LogP contribution >= 0.6 is 0 Å². The minimum absolute atomic E-state index is 0.0265. The fraction of sp³-hybridized carbons (Fsp3) is 0.500. The van der Waals surface area contributed by atoms with Gasteiger partial charge in [0, 0.05) is 18.7 Å². The van der Waals surface area contributed by atoms with Gasteiger partial charge < -0.3 is 9.64 Å². The predicted octanol–water partition coefficient (Wildman–Crippen LogP) is 1.59. The van der Waals surface area contributed by atoms with Gasteiger partial charge in [-0.25, -0.2) is 0 Å². The summed E-state index contributed by atoms with van der Waals surface area (Å²) in [4.78, 5) is 24.4. The maximum absolute atomic E-state index is 12.1. The summed E-state index contributed by atoms with van der Waals surface area (Å²) in [5.41, 5.74) is 0.175. The number of rotatable bonds is 5. The van der Waals surface area contributed by atoms with Crippen LogP contribution < -0.4 is 0 Å². The van der Waals surface area contributed by atoms with E-state index in [1.165, 1.54) is 19.2 Å². The van der Waals surface area contributed by atoms with Crippen LogP contribution in [-0.2, 0) is 14.9 Å². The van der Waals surface area contributed by atoms with Gasteiger partial charge in [-0.2, -0.15) is 0 Å². The van der Waals surface area contributed by atoms with E-state index >= 15 is 0 Å². The molecule has 6 nitrogen and oxygen atoms in total. The summed E-state index contributed by atoms with van der Waals surface area (Å²) in [6, 6.07) is 6.19. The number of hydrogen-bond acceptors (Lipinski definition) is 5. The average molecular weight is 278 g/mol. The third-order valence-corrected chi connectivity index (χ3v) is 3.83. The zero-order chi connectivity index (χ0) is 14.9. The van der Waals surface area contributed by atoms with Crippen molar-refractivity contribution in [1.29, 1.82) is 0 Å². The second-order valence-electron chi connectivity index (χ2n) is 5.43. The van der Waals surface area contributed by atoms with Gasteiger partial charge in [0.25, 0.3) is 5.69 Å². The highest BCUT2D eigenvalue weighted by molar-refractivity contribution is 5.87. The number of nitro benzene ring substituents is 1. The Bertz CT molecular complexity index is 526. The molecule has 1 aliphatic carbocycles. The fourth-order valence-corrected chi connectivity index (χ4v) is 2.77. The average Bonchev–Trinajstić information content (AvgIpc) is 3.12. The number of nitrogens with zero attached hydrogens (tertiary/aromatic N) is 2. The molecule has 1 aromatic carbocycles. The zero-order valence-electron chi connectivity index (χ0n) is 11.8. The quantitative estimate of drug-likeness (QED) is 0.464. The Balaban J connectivity index is 2.29. The first kappa shape index (κ1) is 14.5. The van der Waals surface area contributed by atoms with Crippen LogP contribution in [0.15, 0.2) is 24.3 Å². The van der Waals surface area contributed by atoms with Gasteiger partial charge in [-0.05, 0) is 32.0 Å². The van der Waals surface area contributed by atoms with Crippen LogP contribution in [0, 0.1) is 16.0 Å². The predicted molar refractivity (Wildman–Crippen MR) is 73.5 cm³/mol. The van der Waals surface area contributed by atoms with Crippen molar-refractivity contribution in [3.8, 4) is 0 Å². The second kappa shape index (κ2) is 5.20. The number of benzene rings is 1. The summed E-state index contributed by atoms with van der Waals surface area (Å²) in [5, 5.41) is 10.7. The second-order valence-corrected chi connectivity index (χ2v) is 5.43. The molecule has 1 aliphatic rings. The van der Waals surface area contributed by atoms with Crippen LogP contribution in [0.25, 0.3) is 0 Å². The number of methoxy groups -OCH3 is 1. The highest BCUT2D eigenvalue weighted by Crippen LogP contribution is 2.55. The molecule has 0 radical (unpaired) electrons. The summed E-state index contributed by atoms with van der Waals surface area (Å²) in [5.74, 6) is -0.0791. The third kappa shape index (κ3) is 2.38. The van der Waals surface area contributed by atoms with Gasteiger partial charge in [0.1, 0.15) is 0 Å². The number of hydrogen-bond donors (Lipinski definition) is 0. The van der Waals surface area contributed by atoms with Gasteiger partial charge in [-0.3, -0.25) is 14.9 Å². The molecule has 0 spiro atoms. The molecule has 2 unspecified atom stereocenters. The molecular weight excluding hydrogens is 260 g/mol. The molecule has 1 fully saturated rings. The molecule has 2 rings (SSSR count). The Kier molecular flexibility index (Phi) is 3.76. The number of carbonyl (C=O) groups excluding carboxylic acids is 1. The van der Waals surface area contributed by atoms with Crippen LogP contribution in [-0.4, -0.2) is 43.5 Å². The molecular formula is C14H18N2O4. The standard InChI is InChI=1S/C14H18N2O4/c1-15(2)9-11-8-14(11,13(17)20-3)10-4-6-12(7-5-10)16(18)19/h4-7,11H,8-9H2,1-3H3. The number of ether oxygens (including phenoxy) is 1. The van der Waals surface area contributed by atoms with E-state index in [1.807, 2.05) is 19.0 Å². The first-order valence-electron chi connectivity index (χ1n) is 6.40. The molecule has 108 valence electrons. The summed E-state index contributed by atoms with van der Waals surface area (Å²) in [6.07, 6.45) is 0.718. The van der Waals surface area contributed by atoms with E-state index < -0.39 is 10.3 Å². The SMILES string of the molecule is COC(=O)C1(c2ccc([N+](=O)[O-])cc2)CC1CN(C)C. The molecule has 6 heteroatoms. The maximum atomic E-state index is 12.1. The molecule has 0 bridgehead atoms. The van der Waals surface area contributed by atoms with Crippen molar-refractivity contribution in [3.63, 3.8) is 0 Å². The van der Waals surface area contributed by atoms with Gasteiger partial charge in [-0.1, -0.05) is 12.1 Å². The molecule has 1 aromatic rings. The summed E-state index contributed by atoms with van der Waals surface area (Å²) < 4.78 is 4.93. The van der Waals surface area contributed by atoms with Crippen molar-refractivity contribution in [3.05, 3.63) is 39.9 Å². The van der Waals surface area contributed by atoms with Crippen LogP contribution in [0.3, 0.4) is 0 Å². The molecule has 2 atom stereocenters. The van der Waals surface area contributed by atoms with E-state index in [-0.39, 0.29) is 17.6 Å². The Labute approximate surface area is 117 Å². The summed E-state index contributed by atoms with van der Waals surface area (Å²) in [6.45, 7) is 0.784. The lowest BCUT2D eigenvalue weighted by molar-refractivity contribution is -0.384. The van der Waals surface area contributed by atoms with Crippen LogP contribution in [0.4, 0.5) is 5.69 Å². The van der Waals surface area contributed by atoms with Gasteiger partial charge in [-0.15, -0.1) is 0 Å². The monoisotopic (exact) mass is 278 g/mol. The molecule has 0 aromatic heterocycles. The van der Waals surface area contributed by atoms with E-state index in [1.54, 1.807) is 12.1 Å². The number of non-ortho nitro benzene ring substituents is 1. The lowest BCUT2D eigenvalue weighted by atomic mass is 9.93. The first-order chi connectivity index (χ1) is 9.41. The number of nitro groups is 1. The largest absolute Gasteiger partial charge is 0.468 e. The van der Waals surface area contributed by atoms with Gasteiger partial charge in [0.15, 0.2) is 0 Å². The first-order valence-corrected chi connectivity index (χ1v) is 6.40. The van der Waals surface area contributed by atoms with Gasteiger partial charge in [0.2, 0.25) is 0 Å². The van der Waals surface area contributed by atoms with Crippen molar-refractivity contribution >= 4 is 11.7 Å². The van der Waals surface area contributed by atoms with Crippen molar-refractivity contribution < 1.29 is 14.5 Å². The Morgan fingerprint density at radius 3 is 2.50 bits per heavy atom.